The molecule has 5 nitrogen and oxygen atoms in total. The second kappa shape index (κ2) is 43.0. The molecule has 4 N–H and O–H groups in total. The van der Waals surface area contributed by atoms with Crippen LogP contribution in [0.4, 0.5) is 0 Å². The van der Waals surface area contributed by atoms with Crippen molar-refractivity contribution in [2.45, 2.75) is 244 Å². The van der Waals surface area contributed by atoms with Gasteiger partial charge < -0.3 is 20.6 Å². The summed E-state index contributed by atoms with van der Waals surface area (Å²) >= 11 is 0. The maximum absolute atomic E-state index is 12.4. The number of unbranched alkanes of at least 4 members (excludes halogenated alkanes) is 26. The molecule has 0 rings (SSSR count). The van der Waals surface area contributed by atoms with Gasteiger partial charge in [-0.1, -0.05) is 197 Å². The number of rotatable bonds is 41. The summed E-state index contributed by atoms with van der Waals surface area (Å²) in [6.07, 6.45) is 55.5. The molecule has 0 aromatic carbocycles. The molecule has 53 heavy (non-hydrogen) atoms. The number of carbonyl (C=O) groups excluding carboxylic acids is 1. The molecule has 0 heterocycles. The number of allylic oxidation sites excluding steroid dienone is 7. The van der Waals surface area contributed by atoms with E-state index in [2.05, 4.69) is 55.6 Å². The Balaban J connectivity index is 3.69. The van der Waals surface area contributed by atoms with Crippen LogP contribution >= 0.6 is 0 Å². The van der Waals surface area contributed by atoms with Crippen LogP contribution in [-0.4, -0.2) is 46.1 Å². The molecule has 310 valence electrons. The lowest BCUT2D eigenvalue weighted by atomic mass is 10.0. The number of hydrogen-bond acceptors (Lipinski definition) is 4. The van der Waals surface area contributed by atoms with Crippen molar-refractivity contribution in [2.75, 3.05) is 6.61 Å². The van der Waals surface area contributed by atoms with Crippen LogP contribution < -0.4 is 5.32 Å². The lowest BCUT2D eigenvalue weighted by molar-refractivity contribution is -0.124. The summed E-state index contributed by atoms with van der Waals surface area (Å²) < 4.78 is 0. The van der Waals surface area contributed by atoms with Crippen molar-refractivity contribution in [3.8, 4) is 0 Å². The third-order valence-corrected chi connectivity index (χ3v) is 10.3. The van der Waals surface area contributed by atoms with Gasteiger partial charge in [0.1, 0.15) is 0 Å². The molecule has 0 aliphatic carbocycles. The standard InChI is InChI=1S/C48H89NO4/c1-3-5-7-9-11-13-15-17-19-20-21-22-23-24-25-26-28-29-31-33-35-37-39-41-45(51)43-48(53)49-46(44-50)47(52)42-40-38-36-34-32-30-27-18-16-14-12-10-8-6-4-2/h16,18,24-25,32,34,40,42,45-47,50-52H,3-15,17,19-23,26-31,33,35-39,41,43-44H2,1-2H3,(H,49,53)/b18-16+,25-24-,34-32+,42-40+. The van der Waals surface area contributed by atoms with Gasteiger partial charge in [0.2, 0.25) is 5.91 Å². The van der Waals surface area contributed by atoms with Crippen LogP contribution in [0.1, 0.15) is 226 Å². The van der Waals surface area contributed by atoms with Gasteiger partial charge in [0, 0.05) is 0 Å². The van der Waals surface area contributed by atoms with Crippen molar-refractivity contribution in [2.24, 2.45) is 0 Å². The Morgan fingerprint density at radius 1 is 0.472 bits per heavy atom. The van der Waals surface area contributed by atoms with Gasteiger partial charge in [-0.15, -0.1) is 0 Å². The average molecular weight is 744 g/mol. The van der Waals surface area contributed by atoms with E-state index in [0.717, 1.165) is 38.5 Å². The third-order valence-electron chi connectivity index (χ3n) is 10.3. The number of nitrogens with one attached hydrogen (secondary N) is 1. The fourth-order valence-electron chi connectivity index (χ4n) is 6.78. The highest BCUT2D eigenvalue weighted by atomic mass is 16.3. The minimum absolute atomic E-state index is 0.00129. The minimum Gasteiger partial charge on any atom is -0.394 e. The first-order valence-electron chi connectivity index (χ1n) is 22.9. The van der Waals surface area contributed by atoms with Crippen LogP contribution in [0.2, 0.25) is 0 Å². The summed E-state index contributed by atoms with van der Waals surface area (Å²) in [6.45, 7) is 4.18. The van der Waals surface area contributed by atoms with Crippen molar-refractivity contribution in [3.63, 3.8) is 0 Å². The first kappa shape index (κ1) is 51.3. The Kier molecular flexibility index (Phi) is 41.7. The van der Waals surface area contributed by atoms with E-state index in [1.54, 1.807) is 6.08 Å². The number of aliphatic hydroxyl groups excluding tert-OH is 3. The molecule has 0 bridgehead atoms. The molecular weight excluding hydrogens is 655 g/mol. The summed E-state index contributed by atoms with van der Waals surface area (Å²) in [4.78, 5) is 12.4. The Morgan fingerprint density at radius 2 is 0.811 bits per heavy atom. The number of hydrogen-bond donors (Lipinski definition) is 4. The fourth-order valence-corrected chi connectivity index (χ4v) is 6.78. The van der Waals surface area contributed by atoms with E-state index in [4.69, 9.17) is 0 Å². The van der Waals surface area contributed by atoms with E-state index in [1.807, 2.05) is 6.08 Å². The summed E-state index contributed by atoms with van der Waals surface area (Å²) in [7, 11) is 0. The molecule has 0 aromatic heterocycles. The molecule has 5 heteroatoms. The molecule has 3 atom stereocenters. The second-order valence-electron chi connectivity index (χ2n) is 15.6. The van der Waals surface area contributed by atoms with E-state index >= 15 is 0 Å². The summed E-state index contributed by atoms with van der Waals surface area (Å²) in [5.74, 6) is -0.333. The molecule has 3 unspecified atom stereocenters. The summed E-state index contributed by atoms with van der Waals surface area (Å²) in [6, 6.07) is -0.769. The number of amides is 1. The van der Waals surface area contributed by atoms with E-state index in [1.165, 1.54) is 161 Å². The van der Waals surface area contributed by atoms with Crippen LogP contribution in [0, 0.1) is 0 Å². The SMILES string of the molecule is CCCCCCC/C=C/CC/C=C/CC/C=C/C(O)C(CO)NC(=O)CC(O)CCCCCCCCC/C=C\CCCCCCCCCCCCCC. The molecule has 0 fully saturated rings. The van der Waals surface area contributed by atoms with Crippen LogP contribution in [-0.2, 0) is 4.79 Å². The third kappa shape index (κ3) is 39.8. The zero-order valence-electron chi connectivity index (χ0n) is 35.1. The largest absolute Gasteiger partial charge is 0.394 e. The van der Waals surface area contributed by atoms with Gasteiger partial charge in [0.05, 0.1) is 31.3 Å². The van der Waals surface area contributed by atoms with Crippen LogP contribution in [0.5, 0.6) is 0 Å². The predicted octanol–water partition coefficient (Wildman–Crippen LogP) is 13.3. The van der Waals surface area contributed by atoms with Gasteiger partial charge in [-0.3, -0.25) is 4.79 Å². The maximum atomic E-state index is 12.4. The van der Waals surface area contributed by atoms with E-state index < -0.39 is 18.2 Å². The quantitative estimate of drug-likeness (QED) is 0.0371. The van der Waals surface area contributed by atoms with Crippen molar-refractivity contribution in [1.29, 1.82) is 0 Å². The maximum Gasteiger partial charge on any atom is 0.222 e. The molecule has 0 spiro atoms. The highest BCUT2D eigenvalue weighted by Gasteiger charge is 2.20. The molecule has 0 aromatic rings. The zero-order chi connectivity index (χ0) is 38.7. The predicted molar refractivity (Wildman–Crippen MR) is 231 cm³/mol. The van der Waals surface area contributed by atoms with Gasteiger partial charge in [-0.2, -0.15) is 0 Å². The fraction of sp³-hybridized carbons (Fsp3) is 0.812. The number of aliphatic hydroxyl groups is 3. The molecule has 1 amide bonds. The van der Waals surface area contributed by atoms with E-state index in [0.29, 0.717) is 6.42 Å². The van der Waals surface area contributed by atoms with Crippen LogP contribution in [0.25, 0.3) is 0 Å². The molecule has 0 saturated heterocycles. The molecule has 0 radical (unpaired) electrons. The Labute approximate surface area is 329 Å². The van der Waals surface area contributed by atoms with Crippen molar-refractivity contribution in [3.05, 3.63) is 48.6 Å². The normalized spacial score (nSPS) is 14.0. The molecular formula is C48H89NO4. The van der Waals surface area contributed by atoms with Crippen LogP contribution in [0.3, 0.4) is 0 Å². The first-order valence-corrected chi connectivity index (χ1v) is 22.9. The average Bonchev–Trinajstić information content (AvgIpc) is 3.15. The topological polar surface area (TPSA) is 89.8 Å². The van der Waals surface area contributed by atoms with Crippen molar-refractivity contribution >= 4 is 5.91 Å². The van der Waals surface area contributed by atoms with Crippen LogP contribution in [0.15, 0.2) is 48.6 Å². The van der Waals surface area contributed by atoms with Crippen molar-refractivity contribution < 1.29 is 20.1 Å². The van der Waals surface area contributed by atoms with Gasteiger partial charge in [-0.05, 0) is 70.6 Å². The lowest BCUT2D eigenvalue weighted by Gasteiger charge is -2.21. The minimum atomic E-state index is -0.961. The monoisotopic (exact) mass is 744 g/mol. The molecule has 0 aliphatic rings. The Bertz CT molecular complexity index is 866. The lowest BCUT2D eigenvalue weighted by Crippen LogP contribution is -2.45. The summed E-state index contributed by atoms with van der Waals surface area (Å²) in [5, 5.41) is 33.2. The Hall–Kier alpha value is -1.69. The van der Waals surface area contributed by atoms with Crippen molar-refractivity contribution in [1.82, 2.24) is 5.32 Å². The van der Waals surface area contributed by atoms with E-state index in [9.17, 15) is 20.1 Å². The molecule has 0 saturated carbocycles. The van der Waals surface area contributed by atoms with Gasteiger partial charge in [-0.25, -0.2) is 0 Å². The molecule has 0 aliphatic heterocycles. The van der Waals surface area contributed by atoms with Gasteiger partial charge >= 0.3 is 0 Å². The number of carbonyl (C=O) groups is 1. The Morgan fingerprint density at radius 3 is 1.21 bits per heavy atom. The van der Waals surface area contributed by atoms with Gasteiger partial charge in [0.25, 0.3) is 0 Å². The highest BCUT2D eigenvalue weighted by molar-refractivity contribution is 5.76. The second-order valence-corrected chi connectivity index (χ2v) is 15.6. The highest BCUT2D eigenvalue weighted by Crippen LogP contribution is 2.15. The first-order chi connectivity index (χ1) is 26.0. The van der Waals surface area contributed by atoms with Gasteiger partial charge in [0.15, 0.2) is 0 Å². The summed E-state index contributed by atoms with van der Waals surface area (Å²) in [5.41, 5.74) is 0. The smallest absolute Gasteiger partial charge is 0.222 e. The zero-order valence-corrected chi connectivity index (χ0v) is 35.1. The van der Waals surface area contributed by atoms with E-state index in [-0.39, 0.29) is 18.9 Å².